The molecule has 0 aliphatic heterocycles. The summed E-state index contributed by atoms with van der Waals surface area (Å²) in [4.78, 5) is 0. The Bertz CT molecular complexity index is 343. The first-order valence-electron chi connectivity index (χ1n) is 5.35. The molecule has 3 unspecified atom stereocenters. The van der Waals surface area contributed by atoms with Crippen molar-refractivity contribution < 1.29 is 5.11 Å². The van der Waals surface area contributed by atoms with Gasteiger partial charge in [0, 0.05) is 0 Å². The Morgan fingerprint density at radius 2 is 2.00 bits per heavy atom. The SMILES string of the molecule is Cc1cccc(C2CC(O)C2C)c1C. The molecule has 0 saturated heterocycles. The van der Waals surface area contributed by atoms with Crippen LogP contribution in [0, 0.1) is 19.8 Å². The third-order valence-corrected chi connectivity index (χ3v) is 3.78. The zero-order chi connectivity index (χ0) is 10.3. The van der Waals surface area contributed by atoms with E-state index < -0.39 is 0 Å². The molecule has 0 radical (unpaired) electrons. The van der Waals surface area contributed by atoms with Gasteiger partial charge in [-0.2, -0.15) is 0 Å². The van der Waals surface area contributed by atoms with E-state index in [4.69, 9.17) is 0 Å². The minimum atomic E-state index is -0.0834. The molecular formula is C13H18O. The summed E-state index contributed by atoms with van der Waals surface area (Å²) in [6.45, 7) is 6.47. The van der Waals surface area contributed by atoms with Gasteiger partial charge in [-0.1, -0.05) is 25.1 Å². The largest absolute Gasteiger partial charge is 0.393 e. The Morgan fingerprint density at radius 1 is 1.29 bits per heavy atom. The molecule has 1 heteroatoms. The second-order valence-electron chi connectivity index (χ2n) is 4.56. The average Bonchev–Trinajstić information content (AvgIpc) is 2.19. The van der Waals surface area contributed by atoms with E-state index in [1.165, 1.54) is 16.7 Å². The molecule has 14 heavy (non-hydrogen) atoms. The predicted octanol–water partition coefficient (Wildman–Crippen LogP) is 2.79. The van der Waals surface area contributed by atoms with E-state index in [0.29, 0.717) is 11.8 Å². The van der Waals surface area contributed by atoms with Crippen molar-refractivity contribution in [3.8, 4) is 0 Å². The minimum absolute atomic E-state index is 0.0834. The molecule has 1 nitrogen and oxygen atoms in total. The summed E-state index contributed by atoms with van der Waals surface area (Å²) in [6, 6.07) is 6.48. The molecule has 0 bridgehead atoms. The molecule has 1 aromatic rings. The molecule has 0 aromatic heterocycles. The number of aliphatic hydroxyl groups excluding tert-OH is 1. The first kappa shape index (κ1) is 9.72. The average molecular weight is 190 g/mol. The van der Waals surface area contributed by atoms with Gasteiger partial charge in [0.2, 0.25) is 0 Å². The van der Waals surface area contributed by atoms with Crippen molar-refractivity contribution in [3.05, 3.63) is 34.9 Å². The van der Waals surface area contributed by atoms with Crippen LogP contribution in [0.2, 0.25) is 0 Å². The number of hydrogen-bond acceptors (Lipinski definition) is 1. The van der Waals surface area contributed by atoms with Gasteiger partial charge in [-0.15, -0.1) is 0 Å². The normalized spacial score (nSPS) is 31.3. The summed E-state index contributed by atoms with van der Waals surface area (Å²) >= 11 is 0. The van der Waals surface area contributed by atoms with E-state index in [9.17, 15) is 5.11 Å². The molecule has 1 aromatic carbocycles. The van der Waals surface area contributed by atoms with E-state index in [1.807, 2.05) is 0 Å². The third kappa shape index (κ3) is 1.36. The van der Waals surface area contributed by atoms with Gasteiger partial charge in [0.25, 0.3) is 0 Å². The zero-order valence-electron chi connectivity index (χ0n) is 9.12. The fourth-order valence-electron chi connectivity index (χ4n) is 2.35. The smallest absolute Gasteiger partial charge is 0.0577 e. The number of benzene rings is 1. The van der Waals surface area contributed by atoms with Gasteiger partial charge in [0.05, 0.1) is 6.10 Å². The van der Waals surface area contributed by atoms with Crippen molar-refractivity contribution >= 4 is 0 Å². The fraction of sp³-hybridized carbons (Fsp3) is 0.538. The van der Waals surface area contributed by atoms with Gasteiger partial charge in [-0.25, -0.2) is 0 Å². The maximum atomic E-state index is 9.51. The molecule has 0 spiro atoms. The number of rotatable bonds is 1. The minimum Gasteiger partial charge on any atom is -0.393 e. The molecule has 1 aliphatic rings. The van der Waals surface area contributed by atoms with E-state index in [0.717, 1.165) is 6.42 Å². The van der Waals surface area contributed by atoms with Gasteiger partial charge in [0.15, 0.2) is 0 Å². The van der Waals surface area contributed by atoms with E-state index in [1.54, 1.807) is 0 Å². The molecule has 3 atom stereocenters. The summed E-state index contributed by atoms with van der Waals surface area (Å²) in [5.74, 6) is 1.00. The molecule has 0 heterocycles. The highest BCUT2D eigenvalue weighted by Gasteiger charge is 2.37. The van der Waals surface area contributed by atoms with Crippen LogP contribution in [0.1, 0.15) is 36.0 Å². The van der Waals surface area contributed by atoms with E-state index >= 15 is 0 Å². The lowest BCUT2D eigenvalue weighted by Gasteiger charge is -2.40. The lowest BCUT2D eigenvalue weighted by molar-refractivity contribution is 0.0115. The second-order valence-corrected chi connectivity index (χ2v) is 4.56. The summed E-state index contributed by atoms with van der Waals surface area (Å²) in [7, 11) is 0. The maximum absolute atomic E-state index is 9.51. The van der Waals surface area contributed by atoms with Crippen LogP contribution >= 0.6 is 0 Å². The summed E-state index contributed by atoms with van der Waals surface area (Å²) in [5.41, 5.74) is 4.19. The van der Waals surface area contributed by atoms with Crippen LogP contribution < -0.4 is 0 Å². The van der Waals surface area contributed by atoms with Crippen LogP contribution in [0.15, 0.2) is 18.2 Å². The lowest BCUT2D eigenvalue weighted by Crippen LogP contribution is -2.37. The molecule has 1 N–H and O–H groups in total. The number of hydrogen-bond donors (Lipinski definition) is 1. The van der Waals surface area contributed by atoms with Crippen LogP contribution in [0.4, 0.5) is 0 Å². The summed E-state index contributed by atoms with van der Waals surface area (Å²) < 4.78 is 0. The standard InChI is InChI=1S/C13H18O/c1-8-5-4-6-11(9(8)2)12-7-13(14)10(12)3/h4-6,10,12-14H,7H2,1-3H3. The quantitative estimate of drug-likeness (QED) is 0.722. The maximum Gasteiger partial charge on any atom is 0.0577 e. The molecule has 1 saturated carbocycles. The van der Waals surface area contributed by atoms with Crippen LogP contribution in [0.3, 0.4) is 0 Å². The molecule has 1 fully saturated rings. The number of aryl methyl sites for hydroxylation is 1. The van der Waals surface area contributed by atoms with Crippen LogP contribution in [0.5, 0.6) is 0 Å². The van der Waals surface area contributed by atoms with Crippen molar-refractivity contribution in [2.45, 2.75) is 39.2 Å². The highest BCUT2D eigenvalue weighted by atomic mass is 16.3. The molecule has 2 rings (SSSR count). The Hall–Kier alpha value is -0.820. The van der Waals surface area contributed by atoms with Crippen molar-refractivity contribution in [2.24, 2.45) is 5.92 Å². The van der Waals surface area contributed by atoms with Crippen LogP contribution in [-0.4, -0.2) is 11.2 Å². The monoisotopic (exact) mass is 190 g/mol. The first-order chi connectivity index (χ1) is 6.61. The molecular weight excluding hydrogens is 172 g/mol. The second kappa shape index (κ2) is 3.39. The van der Waals surface area contributed by atoms with E-state index in [2.05, 4.69) is 39.0 Å². The highest BCUT2D eigenvalue weighted by molar-refractivity contribution is 5.37. The fourth-order valence-corrected chi connectivity index (χ4v) is 2.35. The molecule has 0 amide bonds. The molecule has 1 aliphatic carbocycles. The summed E-state index contributed by atoms with van der Waals surface area (Å²) in [5, 5.41) is 9.51. The van der Waals surface area contributed by atoms with Crippen molar-refractivity contribution in [2.75, 3.05) is 0 Å². The topological polar surface area (TPSA) is 20.2 Å². The first-order valence-corrected chi connectivity index (χ1v) is 5.35. The van der Waals surface area contributed by atoms with Gasteiger partial charge < -0.3 is 5.11 Å². The van der Waals surface area contributed by atoms with E-state index in [-0.39, 0.29) is 6.10 Å². The van der Waals surface area contributed by atoms with Gasteiger partial charge >= 0.3 is 0 Å². The Morgan fingerprint density at radius 3 is 2.57 bits per heavy atom. The zero-order valence-corrected chi connectivity index (χ0v) is 9.12. The summed E-state index contributed by atoms with van der Waals surface area (Å²) in [6.07, 6.45) is 0.853. The van der Waals surface area contributed by atoms with Crippen molar-refractivity contribution in [1.29, 1.82) is 0 Å². The predicted molar refractivity (Wildman–Crippen MR) is 58.4 cm³/mol. The lowest BCUT2D eigenvalue weighted by atomic mass is 9.67. The Kier molecular flexibility index (Phi) is 2.36. The van der Waals surface area contributed by atoms with Gasteiger partial charge in [0.1, 0.15) is 0 Å². The third-order valence-electron chi connectivity index (χ3n) is 3.78. The Balaban J connectivity index is 2.29. The van der Waals surface area contributed by atoms with Gasteiger partial charge in [-0.3, -0.25) is 0 Å². The number of aliphatic hydroxyl groups is 1. The van der Waals surface area contributed by atoms with Crippen molar-refractivity contribution in [3.63, 3.8) is 0 Å². The highest BCUT2D eigenvalue weighted by Crippen LogP contribution is 2.43. The van der Waals surface area contributed by atoms with Gasteiger partial charge in [-0.05, 0) is 48.8 Å². The molecule has 76 valence electrons. The van der Waals surface area contributed by atoms with Crippen LogP contribution in [0.25, 0.3) is 0 Å². The Labute approximate surface area is 85.8 Å². The van der Waals surface area contributed by atoms with Crippen LogP contribution in [-0.2, 0) is 0 Å². The van der Waals surface area contributed by atoms with Crippen molar-refractivity contribution in [1.82, 2.24) is 0 Å².